The quantitative estimate of drug-likeness (QED) is 0.815. The van der Waals surface area contributed by atoms with Crippen LogP contribution in [0.3, 0.4) is 0 Å². The van der Waals surface area contributed by atoms with E-state index in [1.54, 1.807) is 0 Å². The summed E-state index contributed by atoms with van der Waals surface area (Å²) in [5.74, 6) is -0.402. The number of ether oxygens (including phenoxy) is 1. The Morgan fingerprint density at radius 2 is 1.94 bits per heavy atom. The molecule has 1 saturated carbocycles. The average Bonchev–Trinajstić information content (AvgIpc) is 2.77. The summed E-state index contributed by atoms with van der Waals surface area (Å²) in [5.41, 5.74) is 0. The SMILES string of the molecule is CC1CCCCC1N(C)C1COCC1C(=O)O. The summed E-state index contributed by atoms with van der Waals surface area (Å²) in [6.45, 7) is 3.22. The molecule has 1 saturated heterocycles. The van der Waals surface area contributed by atoms with Crippen molar-refractivity contribution in [1.29, 1.82) is 0 Å². The maximum atomic E-state index is 11.2. The van der Waals surface area contributed by atoms with Gasteiger partial charge in [-0.1, -0.05) is 19.8 Å². The highest BCUT2D eigenvalue weighted by Gasteiger charge is 2.40. The third kappa shape index (κ3) is 2.63. The molecule has 17 heavy (non-hydrogen) atoms. The molecule has 0 bridgehead atoms. The zero-order valence-electron chi connectivity index (χ0n) is 10.8. The number of carboxylic acids is 1. The van der Waals surface area contributed by atoms with Gasteiger partial charge in [0.25, 0.3) is 0 Å². The van der Waals surface area contributed by atoms with Crippen molar-refractivity contribution < 1.29 is 14.6 Å². The van der Waals surface area contributed by atoms with Crippen LogP contribution in [0.2, 0.25) is 0 Å². The van der Waals surface area contributed by atoms with Gasteiger partial charge in [0, 0.05) is 12.1 Å². The number of rotatable bonds is 3. The Balaban J connectivity index is 2.02. The van der Waals surface area contributed by atoms with Crippen LogP contribution >= 0.6 is 0 Å². The van der Waals surface area contributed by atoms with Crippen LogP contribution in [0.4, 0.5) is 0 Å². The van der Waals surface area contributed by atoms with Crippen molar-refractivity contribution in [2.45, 2.75) is 44.7 Å². The summed E-state index contributed by atoms with van der Waals surface area (Å²) < 4.78 is 5.36. The molecule has 4 nitrogen and oxygen atoms in total. The molecule has 1 aliphatic carbocycles. The predicted octanol–water partition coefficient (Wildman–Crippen LogP) is 1.60. The summed E-state index contributed by atoms with van der Waals surface area (Å²) in [5, 5.41) is 9.19. The van der Waals surface area contributed by atoms with Gasteiger partial charge in [0.1, 0.15) is 0 Å². The average molecular weight is 241 g/mol. The maximum absolute atomic E-state index is 11.2. The molecular formula is C13H23NO3. The van der Waals surface area contributed by atoms with E-state index in [0.29, 0.717) is 25.2 Å². The third-order valence-corrected chi connectivity index (χ3v) is 4.48. The zero-order chi connectivity index (χ0) is 12.4. The van der Waals surface area contributed by atoms with Crippen molar-refractivity contribution in [1.82, 2.24) is 4.90 Å². The molecule has 0 aromatic carbocycles. The number of hydrogen-bond donors (Lipinski definition) is 1. The minimum Gasteiger partial charge on any atom is -0.481 e. The molecule has 2 aliphatic rings. The Morgan fingerprint density at radius 1 is 1.24 bits per heavy atom. The molecule has 4 unspecified atom stereocenters. The molecule has 0 aromatic heterocycles. The number of aliphatic carboxylic acids is 1. The lowest BCUT2D eigenvalue weighted by atomic mass is 9.84. The fourth-order valence-electron chi connectivity index (χ4n) is 3.33. The van der Waals surface area contributed by atoms with E-state index in [1.165, 1.54) is 25.7 Å². The van der Waals surface area contributed by atoms with Gasteiger partial charge in [0.15, 0.2) is 0 Å². The fourth-order valence-corrected chi connectivity index (χ4v) is 3.33. The van der Waals surface area contributed by atoms with Gasteiger partial charge in [-0.05, 0) is 25.8 Å². The van der Waals surface area contributed by atoms with Crippen LogP contribution in [0.15, 0.2) is 0 Å². The second-order valence-corrected chi connectivity index (χ2v) is 5.54. The van der Waals surface area contributed by atoms with E-state index in [2.05, 4.69) is 18.9 Å². The Hall–Kier alpha value is -0.610. The molecule has 2 fully saturated rings. The molecule has 2 rings (SSSR count). The Kier molecular flexibility index (Phi) is 4.05. The van der Waals surface area contributed by atoms with Crippen molar-refractivity contribution in [3.63, 3.8) is 0 Å². The Bertz CT molecular complexity index is 282. The smallest absolute Gasteiger partial charge is 0.310 e. The highest BCUT2D eigenvalue weighted by atomic mass is 16.5. The summed E-state index contributed by atoms with van der Waals surface area (Å²) in [6, 6.07) is 0.579. The Labute approximate surface area is 103 Å². The third-order valence-electron chi connectivity index (χ3n) is 4.48. The lowest BCUT2D eigenvalue weighted by molar-refractivity contribution is -0.143. The van der Waals surface area contributed by atoms with Crippen molar-refractivity contribution in [3.8, 4) is 0 Å². The van der Waals surface area contributed by atoms with Crippen molar-refractivity contribution >= 4 is 5.97 Å². The summed E-state index contributed by atoms with van der Waals surface area (Å²) >= 11 is 0. The number of nitrogens with zero attached hydrogens (tertiary/aromatic N) is 1. The van der Waals surface area contributed by atoms with Gasteiger partial charge in [-0.3, -0.25) is 9.69 Å². The zero-order valence-corrected chi connectivity index (χ0v) is 10.8. The number of hydrogen-bond acceptors (Lipinski definition) is 3. The van der Waals surface area contributed by atoms with Gasteiger partial charge in [-0.25, -0.2) is 0 Å². The largest absolute Gasteiger partial charge is 0.481 e. The molecule has 0 amide bonds. The van der Waals surface area contributed by atoms with Gasteiger partial charge >= 0.3 is 5.97 Å². The molecule has 0 spiro atoms. The molecule has 4 atom stereocenters. The number of likely N-dealkylation sites (N-methyl/N-ethyl adjacent to an activating group) is 1. The van der Waals surface area contributed by atoms with E-state index in [1.807, 2.05) is 0 Å². The van der Waals surface area contributed by atoms with Crippen LogP contribution < -0.4 is 0 Å². The van der Waals surface area contributed by atoms with Crippen molar-refractivity contribution in [2.75, 3.05) is 20.3 Å². The van der Waals surface area contributed by atoms with E-state index >= 15 is 0 Å². The molecular weight excluding hydrogens is 218 g/mol. The van der Waals surface area contributed by atoms with Gasteiger partial charge in [-0.15, -0.1) is 0 Å². The van der Waals surface area contributed by atoms with Gasteiger partial charge in [0.2, 0.25) is 0 Å². The number of carboxylic acid groups (broad SMARTS) is 1. The second kappa shape index (κ2) is 5.36. The first-order chi connectivity index (χ1) is 8.11. The molecule has 1 aliphatic heterocycles. The molecule has 4 heteroatoms. The lowest BCUT2D eigenvalue weighted by Crippen LogP contribution is -2.49. The van der Waals surface area contributed by atoms with E-state index in [0.717, 1.165) is 0 Å². The van der Waals surface area contributed by atoms with E-state index in [4.69, 9.17) is 4.74 Å². The predicted molar refractivity (Wildman–Crippen MR) is 64.9 cm³/mol. The monoisotopic (exact) mass is 241 g/mol. The maximum Gasteiger partial charge on any atom is 0.310 e. The first-order valence-electron chi connectivity index (χ1n) is 6.63. The molecule has 0 radical (unpaired) electrons. The van der Waals surface area contributed by atoms with E-state index < -0.39 is 5.97 Å². The van der Waals surface area contributed by atoms with Crippen LogP contribution in [0.1, 0.15) is 32.6 Å². The lowest BCUT2D eigenvalue weighted by Gasteiger charge is -2.40. The number of carbonyl (C=O) groups is 1. The first-order valence-corrected chi connectivity index (χ1v) is 6.63. The van der Waals surface area contributed by atoms with E-state index in [9.17, 15) is 9.90 Å². The van der Waals surface area contributed by atoms with Crippen molar-refractivity contribution in [2.24, 2.45) is 11.8 Å². The fraction of sp³-hybridized carbons (Fsp3) is 0.923. The topological polar surface area (TPSA) is 49.8 Å². The van der Waals surface area contributed by atoms with Crippen LogP contribution in [-0.2, 0) is 9.53 Å². The van der Waals surface area contributed by atoms with Gasteiger partial charge < -0.3 is 9.84 Å². The summed E-state index contributed by atoms with van der Waals surface area (Å²) in [6.07, 6.45) is 5.04. The Morgan fingerprint density at radius 3 is 2.59 bits per heavy atom. The standard InChI is InChI=1S/C13H23NO3/c1-9-5-3-4-6-11(9)14(2)12-8-17-7-10(12)13(15)16/h9-12H,3-8H2,1-2H3,(H,15,16). The second-order valence-electron chi connectivity index (χ2n) is 5.54. The minimum absolute atomic E-state index is 0.0537. The highest BCUT2D eigenvalue weighted by Crippen LogP contribution is 2.31. The van der Waals surface area contributed by atoms with E-state index in [-0.39, 0.29) is 12.0 Å². The molecule has 0 aromatic rings. The van der Waals surface area contributed by atoms with Crippen LogP contribution in [-0.4, -0.2) is 48.3 Å². The first kappa shape index (κ1) is 12.8. The highest BCUT2D eigenvalue weighted by molar-refractivity contribution is 5.71. The molecule has 1 heterocycles. The normalized spacial score (nSPS) is 38.5. The van der Waals surface area contributed by atoms with Crippen LogP contribution in [0, 0.1) is 11.8 Å². The van der Waals surface area contributed by atoms with Crippen LogP contribution in [0.5, 0.6) is 0 Å². The van der Waals surface area contributed by atoms with Gasteiger partial charge in [0.05, 0.1) is 19.1 Å². The summed E-state index contributed by atoms with van der Waals surface area (Å²) in [7, 11) is 2.07. The van der Waals surface area contributed by atoms with Crippen LogP contribution in [0.25, 0.3) is 0 Å². The summed E-state index contributed by atoms with van der Waals surface area (Å²) in [4.78, 5) is 13.4. The molecule has 98 valence electrons. The minimum atomic E-state index is -0.720. The van der Waals surface area contributed by atoms with Crippen molar-refractivity contribution in [3.05, 3.63) is 0 Å². The van der Waals surface area contributed by atoms with Gasteiger partial charge in [-0.2, -0.15) is 0 Å². The molecule has 1 N–H and O–H groups in total.